The molecule has 0 aliphatic heterocycles. The molecule has 2 aromatic rings. The van der Waals surface area contributed by atoms with Crippen molar-refractivity contribution in [1.29, 1.82) is 0 Å². The molecular weight excluding hydrogens is 244 g/mol. The second-order valence-corrected chi connectivity index (χ2v) is 5.83. The fraction of sp³-hybridized carbons (Fsp3) is 0.538. The minimum absolute atomic E-state index is 0.669. The monoisotopic (exact) mass is 264 g/mol. The summed E-state index contributed by atoms with van der Waals surface area (Å²) in [5.41, 5.74) is 2.30. The zero-order chi connectivity index (χ0) is 13.0. The largest absolute Gasteiger partial charge is 0.311 e. The lowest BCUT2D eigenvalue weighted by molar-refractivity contribution is 0.529. The molecule has 0 fully saturated rings. The van der Waals surface area contributed by atoms with Crippen molar-refractivity contribution in [2.75, 3.05) is 6.54 Å². The van der Waals surface area contributed by atoms with Crippen molar-refractivity contribution in [3.63, 3.8) is 0 Å². The van der Waals surface area contributed by atoms with Crippen LogP contribution >= 0.6 is 11.3 Å². The summed E-state index contributed by atoms with van der Waals surface area (Å²) in [7, 11) is 0. The molecule has 2 rings (SSSR count). The van der Waals surface area contributed by atoms with Gasteiger partial charge in [-0.25, -0.2) is 4.98 Å². The van der Waals surface area contributed by atoms with Crippen molar-refractivity contribution in [3.05, 3.63) is 34.0 Å². The van der Waals surface area contributed by atoms with Gasteiger partial charge >= 0.3 is 0 Å². The standard InChI is InChI=1S/C13H20N4S/c1-10(2)6-14-7-12-4-5-15-17(12)8-13-16-11(3)9-18-13/h4-5,9-10,14H,6-8H2,1-3H3. The minimum atomic E-state index is 0.669. The fourth-order valence-electron chi connectivity index (χ4n) is 1.74. The summed E-state index contributed by atoms with van der Waals surface area (Å²) in [5.74, 6) is 0.669. The van der Waals surface area contributed by atoms with E-state index in [2.05, 4.69) is 40.7 Å². The van der Waals surface area contributed by atoms with E-state index in [4.69, 9.17) is 0 Å². The van der Waals surface area contributed by atoms with Crippen LogP contribution in [0.25, 0.3) is 0 Å². The average molecular weight is 264 g/mol. The molecule has 0 aliphatic carbocycles. The van der Waals surface area contributed by atoms with E-state index in [0.717, 1.165) is 30.3 Å². The third kappa shape index (κ3) is 3.65. The van der Waals surface area contributed by atoms with Gasteiger partial charge in [0.1, 0.15) is 5.01 Å². The molecule has 4 nitrogen and oxygen atoms in total. The Bertz CT molecular complexity index is 487. The van der Waals surface area contributed by atoms with Crippen LogP contribution in [0.2, 0.25) is 0 Å². The van der Waals surface area contributed by atoms with Crippen molar-refractivity contribution in [2.45, 2.75) is 33.9 Å². The predicted octanol–water partition coefficient (Wildman–Crippen LogP) is 2.44. The van der Waals surface area contributed by atoms with E-state index in [-0.39, 0.29) is 0 Å². The highest BCUT2D eigenvalue weighted by atomic mass is 32.1. The molecular formula is C13H20N4S. The lowest BCUT2D eigenvalue weighted by atomic mass is 10.2. The highest BCUT2D eigenvalue weighted by Crippen LogP contribution is 2.11. The van der Waals surface area contributed by atoms with Crippen molar-refractivity contribution < 1.29 is 0 Å². The molecule has 0 unspecified atom stereocenters. The fourth-order valence-corrected chi connectivity index (χ4v) is 2.50. The summed E-state index contributed by atoms with van der Waals surface area (Å²) in [4.78, 5) is 4.47. The number of rotatable bonds is 6. The molecule has 0 aliphatic rings. The van der Waals surface area contributed by atoms with Gasteiger partial charge in [0.05, 0.1) is 12.2 Å². The summed E-state index contributed by atoms with van der Waals surface area (Å²) in [6, 6.07) is 2.06. The van der Waals surface area contributed by atoms with Crippen LogP contribution in [0.1, 0.15) is 30.2 Å². The highest BCUT2D eigenvalue weighted by molar-refractivity contribution is 7.09. The van der Waals surface area contributed by atoms with Gasteiger partial charge in [0.25, 0.3) is 0 Å². The van der Waals surface area contributed by atoms with Gasteiger partial charge in [0.15, 0.2) is 0 Å². The Morgan fingerprint density at radius 3 is 2.94 bits per heavy atom. The van der Waals surface area contributed by atoms with Gasteiger partial charge in [-0.05, 0) is 25.5 Å². The predicted molar refractivity (Wildman–Crippen MR) is 74.7 cm³/mol. The number of nitrogens with zero attached hydrogens (tertiary/aromatic N) is 3. The number of aryl methyl sites for hydroxylation is 1. The third-order valence-corrected chi connectivity index (χ3v) is 3.57. The molecule has 0 radical (unpaired) electrons. The first-order valence-electron chi connectivity index (χ1n) is 6.27. The van der Waals surface area contributed by atoms with Gasteiger partial charge < -0.3 is 5.32 Å². The zero-order valence-electron chi connectivity index (χ0n) is 11.2. The SMILES string of the molecule is Cc1csc(Cn2nccc2CNCC(C)C)n1. The second-order valence-electron chi connectivity index (χ2n) is 4.89. The van der Waals surface area contributed by atoms with Crippen LogP contribution in [-0.2, 0) is 13.1 Å². The van der Waals surface area contributed by atoms with Crippen LogP contribution in [0, 0.1) is 12.8 Å². The topological polar surface area (TPSA) is 42.7 Å². The highest BCUT2D eigenvalue weighted by Gasteiger charge is 2.06. The zero-order valence-corrected chi connectivity index (χ0v) is 12.0. The average Bonchev–Trinajstić information content (AvgIpc) is 2.89. The van der Waals surface area contributed by atoms with Crippen molar-refractivity contribution in [2.24, 2.45) is 5.92 Å². The first kappa shape index (κ1) is 13.2. The maximum Gasteiger partial charge on any atom is 0.114 e. The molecule has 5 heteroatoms. The summed E-state index contributed by atoms with van der Waals surface area (Å²) >= 11 is 1.69. The van der Waals surface area contributed by atoms with E-state index in [1.807, 2.05) is 17.8 Å². The Kier molecular flexibility index (Phi) is 4.49. The molecule has 0 atom stereocenters. The summed E-state index contributed by atoms with van der Waals surface area (Å²) in [6.45, 7) is 9.10. The smallest absolute Gasteiger partial charge is 0.114 e. The van der Waals surface area contributed by atoms with Gasteiger partial charge in [-0.15, -0.1) is 11.3 Å². The van der Waals surface area contributed by atoms with E-state index in [1.165, 1.54) is 5.69 Å². The van der Waals surface area contributed by atoms with Gasteiger partial charge in [0, 0.05) is 23.8 Å². The van der Waals surface area contributed by atoms with Crippen LogP contribution < -0.4 is 5.32 Å². The van der Waals surface area contributed by atoms with Gasteiger partial charge in [-0.2, -0.15) is 5.10 Å². The second kappa shape index (κ2) is 6.11. The van der Waals surface area contributed by atoms with E-state index in [0.29, 0.717) is 5.92 Å². The Labute approximate surface area is 112 Å². The molecule has 2 aromatic heterocycles. The molecule has 0 aromatic carbocycles. The Morgan fingerprint density at radius 1 is 1.44 bits per heavy atom. The van der Waals surface area contributed by atoms with Crippen LogP contribution in [0.3, 0.4) is 0 Å². The maximum absolute atomic E-state index is 4.47. The number of hydrogen-bond donors (Lipinski definition) is 1. The van der Waals surface area contributed by atoms with Gasteiger partial charge in [-0.3, -0.25) is 4.68 Å². The molecule has 0 bridgehead atoms. The third-order valence-electron chi connectivity index (χ3n) is 2.61. The van der Waals surface area contributed by atoms with Crippen LogP contribution in [0.4, 0.5) is 0 Å². The Hall–Kier alpha value is -1.20. The molecule has 18 heavy (non-hydrogen) atoms. The molecule has 0 saturated carbocycles. The molecule has 0 saturated heterocycles. The molecule has 0 amide bonds. The van der Waals surface area contributed by atoms with Gasteiger partial charge in [-0.1, -0.05) is 13.8 Å². The normalized spacial score (nSPS) is 11.3. The van der Waals surface area contributed by atoms with Crippen molar-refractivity contribution >= 4 is 11.3 Å². The molecule has 2 heterocycles. The first-order valence-corrected chi connectivity index (χ1v) is 7.15. The van der Waals surface area contributed by atoms with Crippen molar-refractivity contribution in [1.82, 2.24) is 20.1 Å². The summed E-state index contributed by atoms with van der Waals surface area (Å²) in [6.07, 6.45) is 1.85. The van der Waals surface area contributed by atoms with Crippen molar-refractivity contribution in [3.8, 4) is 0 Å². The number of aromatic nitrogens is 3. The minimum Gasteiger partial charge on any atom is -0.311 e. The first-order chi connectivity index (χ1) is 8.65. The van der Waals surface area contributed by atoms with Crippen LogP contribution in [0.5, 0.6) is 0 Å². The van der Waals surface area contributed by atoms with Crippen LogP contribution in [0.15, 0.2) is 17.6 Å². The van der Waals surface area contributed by atoms with E-state index in [1.54, 1.807) is 11.3 Å². The number of hydrogen-bond acceptors (Lipinski definition) is 4. The lowest BCUT2D eigenvalue weighted by Crippen LogP contribution is -2.21. The van der Waals surface area contributed by atoms with E-state index >= 15 is 0 Å². The Morgan fingerprint density at radius 2 is 2.28 bits per heavy atom. The van der Waals surface area contributed by atoms with E-state index < -0.39 is 0 Å². The molecule has 1 N–H and O–H groups in total. The quantitative estimate of drug-likeness (QED) is 0.871. The molecule has 98 valence electrons. The van der Waals surface area contributed by atoms with E-state index in [9.17, 15) is 0 Å². The molecule has 0 spiro atoms. The Balaban J connectivity index is 1.95. The lowest BCUT2D eigenvalue weighted by Gasteiger charge is -2.09. The van der Waals surface area contributed by atoms with Gasteiger partial charge in [0.2, 0.25) is 0 Å². The number of thiazole rings is 1. The summed E-state index contributed by atoms with van der Waals surface area (Å²) in [5, 5.41) is 11.0. The maximum atomic E-state index is 4.47. The van der Waals surface area contributed by atoms with Crippen LogP contribution in [-0.4, -0.2) is 21.3 Å². The number of nitrogens with one attached hydrogen (secondary N) is 1. The summed E-state index contributed by atoms with van der Waals surface area (Å²) < 4.78 is 2.02.